The van der Waals surface area contributed by atoms with Gasteiger partial charge in [0.1, 0.15) is 0 Å². The molecule has 0 N–H and O–H groups in total. The minimum atomic E-state index is 0.807. The lowest BCUT2D eigenvalue weighted by atomic mass is 10.1. The van der Waals surface area contributed by atoms with Crippen molar-refractivity contribution in [3.05, 3.63) is 28.8 Å². The summed E-state index contributed by atoms with van der Waals surface area (Å²) in [7, 11) is 0. The molecule has 0 aliphatic heterocycles. The van der Waals surface area contributed by atoms with Crippen molar-refractivity contribution in [1.29, 1.82) is 0 Å². The van der Waals surface area contributed by atoms with Crippen molar-refractivity contribution in [2.45, 2.75) is 26.2 Å². The van der Waals surface area contributed by atoms with Gasteiger partial charge in [-0.3, -0.25) is 0 Å². The number of rotatable bonds is 1. The Hall–Kier alpha value is -0.890. The van der Waals surface area contributed by atoms with Crippen LogP contribution in [0.2, 0.25) is 0 Å². The molecule has 2 heteroatoms. The predicted octanol–water partition coefficient (Wildman–Crippen LogP) is 3.73. The molecule has 0 saturated heterocycles. The first-order chi connectivity index (χ1) is 6.74. The minimum Gasteiger partial charge on any atom is -0.242 e. The van der Waals surface area contributed by atoms with Gasteiger partial charge in [-0.05, 0) is 42.9 Å². The van der Waals surface area contributed by atoms with Crippen LogP contribution in [0.4, 0.5) is 0 Å². The Kier molecular flexibility index (Phi) is 1.68. The first-order valence-electron chi connectivity index (χ1n) is 5.11. The van der Waals surface area contributed by atoms with Crippen LogP contribution in [0, 0.1) is 12.8 Å². The summed E-state index contributed by atoms with van der Waals surface area (Å²) in [4.78, 5) is 4.53. The van der Waals surface area contributed by atoms with Crippen molar-refractivity contribution >= 4 is 21.6 Å². The molecular formula is C12H13NS. The molecule has 0 spiro atoms. The van der Waals surface area contributed by atoms with Crippen LogP contribution in [0.3, 0.4) is 0 Å². The summed E-state index contributed by atoms with van der Waals surface area (Å²) in [5.74, 6) is 1.69. The van der Waals surface area contributed by atoms with Gasteiger partial charge in [0.15, 0.2) is 0 Å². The van der Waals surface area contributed by atoms with Crippen LogP contribution in [0.15, 0.2) is 18.2 Å². The second-order valence-electron chi connectivity index (χ2n) is 4.28. The van der Waals surface area contributed by atoms with Gasteiger partial charge in [0.05, 0.1) is 15.2 Å². The monoisotopic (exact) mass is 203 g/mol. The topological polar surface area (TPSA) is 12.9 Å². The molecule has 1 heterocycles. The van der Waals surface area contributed by atoms with E-state index in [-0.39, 0.29) is 0 Å². The lowest BCUT2D eigenvalue weighted by Gasteiger charge is -1.97. The SMILES string of the molecule is Cc1nc2cc([C@H]3C[C@@H]3C)ccc2s1. The van der Waals surface area contributed by atoms with Gasteiger partial charge in [-0.25, -0.2) is 4.98 Å². The van der Waals surface area contributed by atoms with Gasteiger partial charge in [0.25, 0.3) is 0 Å². The van der Waals surface area contributed by atoms with Gasteiger partial charge in [0.2, 0.25) is 0 Å². The van der Waals surface area contributed by atoms with Gasteiger partial charge in [-0.15, -0.1) is 11.3 Å². The second-order valence-corrected chi connectivity index (χ2v) is 5.51. The third-order valence-corrected chi connectivity index (χ3v) is 4.01. The molecule has 3 rings (SSSR count). The molecule has 0 radical (unpaired) electrons. The highest BCUT2D eigenvalue weighted by molar-refractivity contribution is 7.18. The molecule has 1 nitrogen and oxygen atoms in total. The van der Waals surface area contributed by atoms with Gasteiger partial charge >= 0.3 is 0 Å². The maximum atomic E-state index is 4.53. The fourth-order valence-electron chi connectivity index (χ4n) is 2.08. The number of aryl methyl sites for hydroxylation is 1. The van der Waals surface area contributed by atoms with Gasteiger partial charge in [0, 0.05) is 0 Å². The lowest BCUT2D eigenvalue weighted by molar-refractivity contribution is 0.915. The minimum absolute atomic E-state index is 0.807. The van der Waals surface area contributed by atoms with Crippen molar-refractivity contribution in [2.75, 3.05) is 0 Å². The number of aromatic nitrogens is 1. The molecule has 2 atom stereocenters. The number of hydrogen-bond donors (Lipinski definition) is 0. The molecular weight excluding hydrogens is 190 g/mol. The molecule has 0 bridgehead atoms. The Morgan fingerprint density at radius 2 is 2.21 bits per heavy atom. The van der Waals surface area contributed by atoms with E-state index in [0.29, 0.717) is 0 Å². The van der Waals surface area contributed by atoms with Crippen molar-refractivity contribution in [3.63, 3.8) is 0 Å². The zero-order valence-corrected chi connectivity index (χ0v) is 9.27. The summed E-state index contributed by atoms with van der Waals surface area (Å²) in [6.45, 7) is 4.39. The largest absolute Gasteiger partial charge is 0.242 e. The highest BCUT2D eigenvalue weighted by Crippen LogP contribution is 2.47. The average Bonchev–Trinajstić information content (AvgIpc) is 2.76. The van der Waals surface area contributed by atoms with Crippen molar-refractivity contribution in [2.24, 2.45) is 5.92 Å². The zero-order valence-electron chi connectivity index (χ0n) is 8.45. The molecule has 14 heavy (non-hydrogen) atoms. The number of benzene rings is 1. The van der Waals surface area contributed by atoms with E-state index in [1.165, 1.54) is 27.2 Å². The number of thiazole rings is 1. The Labute approximate surface area is 87.8 Å². The lowest BCUT2D eigenvalue weighted by Crippen LogP contribution is -1.80. The van der Waals surface area contributed by atoms with E-state index in [0.717, 1.165) is 11.8 Å². The smallest absolute Gasteiger partial charge is 0.0907 e. The molecule has 1 aliphatic rings. The first-order valence-corrected chi connectivity index (χ1v) is 5.93. The van der Waals surface area contributed by atoms with Crippen LogP contribution >= 0.6 is 11.3 Å². The highest BCUT2D eigenvalue weighted by Gasteiger charge is 2.33. The summed E-state index contributed by atoms with van der Waals surface area (Å²) in [5.41, 5.74) is 2.67. The standard InChI is InChI=1S/C12H13NS/c1-7-5-10(7)9-3-4-12-11(6-9)13-8(2)14-12/h3-4,6-7,10H,5H2,1-2H3/t7-,10-/m0/s1. The van der Waals surface area contributed by atoms with E-state index < -0.39 is 0 Å². The van der Waals surface area contributed by atoms with Crippen LogP contribution < -0.4 is 0 Å². The summed E-state index contributed by atoms with van der Waals surface area (Å²) in [6.07, 6.45) is 1.36. The third-order valence-electron chi connectivity index (χ3n) is 3.06. The highest BCUT2D eigenvalue weighted by atomic mass is 32.1. The molecule has 2 aromatic rings. The molecule has 1 aromatic carbocycles. The van der Waals surface area contributed by atoms with Crippen LogP contribution in [-0.2, 0) is 0 Å². The van der Waals surface area contributed by atoms with E-state index in [4.69, 9.17) is 0 Å². The van der Waals surface area contributed by atoms with Gasteiger partial charge in [-0.2, -0.15) is 0 Å². The fraction of sp³-hybridized carbons (Fsp3) is 0.417. The van der Waals surface area contributed by atoms with Crippen molar-refractivity contribution in [3.8, 4) is 0 Å². The van der Waals surface area contributed by atoms with Gasteiger partial charge < -0.3 is 0 Å². The van der Waals surface area contributed by atoms with Crippen molar-refractivity contribution < 1.29 is 0 Å². The zero-order chi connectivity index (χ0) is 9.71. The molecule has 0 amide bonds. The van der Waals surface area contributed by atoms with E-state index in [2.05, 4.69) is 37.0 Å². The number of hydrogen-bond acceptors (Lipinski definition) is 2. The summed E-state index contributed by atoms with van der Waals surface area (Å²) in [5, 5.41) is 1.17. The third kappa shape index (κ3) is 1.25. The quantitative estimate of drug-likeness (QED) is 0.688. The first kappa shape index (κ1) is 8.42. The summed E-state index contributed by atoms with van der Waals surface area (Å²) in [6, 6.07) is 6.77. The average molecular weight is 203 g/mol. The van der Waals surface area contributed by atoms with Crippen molar-refractivity contribution in [1.82, 2.24) is 4.98 Å². The molecule has 72 valence electrons. The van der Waals surface area contributed by atoms with E-state index in [1.807, 2.05) is 0 Å². The van der Waals surface area contributed by atoms with E-state index in [1.54, 1.807) is 11.3 Å². The molecule has 1 saturated carbocycles. The normalized spacial score (nSPS) is 25.6. The second kappa shape index (κ2) is 2.80. The Morgan fingerprint density at radius 3 is 2.93 bits per heavy atom. The molecule has 1 aliphatic carbocycles. The van der Waals surface area contributed by atoms with Crippen LogP contribution in [-0.4, -0.2) is 4.98 Å². The Balaban J connectivity index is 2.10. The van der Waals surface area contributed by atoms with Crippen LogP contribution in [0.1, 0.15) is 29.8 Å². The maximum Gasteiger partial charge on any atom is 0.0907 e. The number of nitrogens with zero attached hydrogens (tertiary/aromatic N) is 1. The maximum absolute atomic E-state index is 4.53. The van der Waals surface area contributed by atoms with Gasteiger partial charge in [-0.1, -0.05) is 13.0 Å². The Bertz CT molecular complexity index is 486. The van der Waals surface area contributed by atoms with Crippen LogP contribution in [0.25, 0.3) is 10.2 Å². The molecule has 1 fully saturated rings. The predicted molar refractivity (Wildman–Crippen MR) is 60.9 cm³/mol. The fourth-order valence-corrected chi connectivity index (χ4v) is 2.88. The summed E-state index contributed by atoms with van der Waals surface area (Å²) < 4.78 is 1.32. The summed E-state index contributed by atoms with van der Waals surface area (Å²) >= 11 is 1.78. The van der Waals surface area contributed by atoms with E-state index >= 15 is 0 Å². The molecule has 1 aromatic heterocycles. The number of fused-ring (bicyclic) bond motifs is 1. The van der Waals surface area contributed by atoms with E-state index in [9.17, 15) is 0 Å². The molecule has 0 unspecified atom stereocenters. The Morgan fingerprint density at radius 1 is 1.43 bits per heavy atom. The van der Waals surface area contributed by atoms with Crippen LogP contribution in [0.5, 0.6) is 0 Å².